The molecule has 152 valence electrons. The first-order valence-corrected chi connectivity index (χ1v) is 10.6. The predicted octanol–water partition coefficient (Wildman–Crippen LogP) is 3.04. The predicted molar refractivity (Wildman–Crippen MR) is 102 cm³/mol. The number of hydrogen-bond donors (Lipinski definition) is 0. The summed E-state index contributed by atoms with van der Waals surface area (Å²) in [7, 11) is -3.75. The molecule has 1 atom stereocenters. The zero-order chi connectivity index (χ0) is 20.7. The molecule has 1 aromatic rings. The Bertz CT molecular complexity index is 928. The summed E-state index contributed by atoms with van der Waals surface area (Å²) in [5.74, 6) is -0.490. The van der Waals surface area contributed by atoms with Gasteiger partial charge in [0.05, 0.1) is 15.7 Å². The summed E-state index contributed by atoms with van der Waals surface area (Å²) in [5, 5.41) is 10.8. The molecule has 1 aromatic carbocycles. The molecule has 1 unspecified atom stereocenters. The molecule has 0 saturated heterocycles. The third kappa shape index (κ3) is 4.25. The minimum Gasteiger partial charge on any atom is -0.460 e. The van der Waals surface area contributed by atoms with Gasteiger partial charge in [0.15, 0.2) is 0 Å². The molecular formula is C19H24N2O6S. The zero-order valence-corrected chi connectivity index (χ0v) is 17.0. The topological polar surface area (TPSA) is 107 Å². The molecule has 1 aliphatic heterocycles. The highest BCUT2D eigenvalue weighted by atomic mass is 32.2. The van der Waals surface area contributed by atoms with E-state index in [-0.39, 0.29) is 29.0 Å². The summed E-state index contributed by atoms with van der Waals surface area (Å²) in [6, 6.07) is 4.90. The summed E-state index contributed by atoms with van der Waals surface area (Å²) >= 11 is 0. The molecular weight excluding hydrogens is 384 g/mol. The van der Waals surface area contributed by atoms with Crippen LogP contribution in [0.1, 0.15) is 40.0 Å². The second kappa shape index (κ2) is 7.29. The maximum Gasteiger partial charge on any atom is 0.309 e. The molecule has 0 N–H and O–H groups in total. The maximum atomic E-state index is 12.9. The molecule has 0 fully saturated rings. The number of nitro benzene ring substituents is 1. The molecule has 1 heterocycles. The molecule has 0 bridgehead atoms. The first-order chi connectivity index (χ1) is 13.0. The monoisotopic (exact) mass is 408 g/mol. The largest absolute Gasteiger partial charge is 0.460 e. The summed E-state index contributed by atoms with van der Waals surface area (Å²) in [6.07, 6.45) is 1.83. The number of carbonyl (C=O) groups is 1. The summed E-state index contributed by atoms with van der Waals surface area (Å²) in [4.78, 5) is 22.6. The summed E-state index contributed by atoms with van der Waals surface area (Å²) < 4.78 is 32.6. The fourth-order valence-electron chi connectivity index (χ4n) is 3.56. The number of esters is 1. The average Bonchev–Trinajstić information content (AvgIpc) is 3.04. The van der Waals surface area contributed by atoms with E-state index in [2.05, 4.69) is 0 Å². The van der Waals surface area contributed by atoms with E-state index in [0.717, 1.165) is 11.1 Å². The molecule has 0 spiro atoms. The number of non-ortho nitro benzene ring substituents is 1. The molecule has 0 aromatic heterocycles. The Kier molecular flexibility index (Phi) is 5.33. The number of ether oxygens (including phenoxy) is 1. The summed E-state index contributed by atoms with van der Waals surface area (Å²) in [5.41, 5.74) is 1.34. The Morgan fingerprint density at radius 1 is 1.18 bits per heavy atom. The van der Waals surface area contributed by atoms with Gasteiger partial charge in [-0.1, -0.05) is 11.1 Å². The Balaban J connectivity index is 1.70. The van der Waals surface area contributed by atoms with Crippen molar-refractivity contribution >= 4 is 21.7 Å². The second-order valence-electron chi connectivity index (χ2n) is 8.20. The number of nitro groups is 1. The Labute approximate surface area is 164 Å². The van der Waals surface area contributed by atoms with Gasteiger partial charge in [-0.25, -0.2) is 8.42 Å². The van der Waals surface area contributed by atoms with Crippen molar-refractivity contribution in [1.82, 2.24) is 4.31 Å². The minimum absolute atomic E-state index is 0.0293. The van der Waals surface area contributed by atoms with Crippen molar-refractivity contribution in [3.05, 3.63) is 45.5 Å². The highest BCUT2D eigenvalue weighted by Crippen LogP contribution is 2.37. The average molecular weight is 408 g/mol. The number of hydrogen-bond acceptors (Lipinski definition) is 6. The van der Waals surface area contributed by atoms with Gasteiger partial charge in [-0.15, -0.1) is 0 Å². The van der Waals surface area contributed by atoms with E-state index < -0.39 is 20.5 Å². The van der Waals surface area contributed by atoms with Crippen LogP contribution in [-0.2, 0) is 19.6 Å². The summed E-state index contributed by atoms with van der Waals surface area (Å²) in [6.45, 7) is 6.02. The van der Waals surface area contributed by atoms with Crippen molar-refractivity contribution in [2.75, 3.05) is 13.1 Å². The Hall–Kier alpha value is -2.26. The molecule has 2 aliphatic rings. The highest BCUT2D eigenvalue weighted by Gasteiger charge is 2.37. The van der Waals surface area contributed by atoms with Crippen LogP contribution in [0.2, 0.25) is 0 Å². The van der Waals surface area contributed by atoms with Crippen LogP contribution in [0.3, 0.4) is 0 Å². The molecule has 3 rings (SSSR count). The van der Waals surface area contributed by atoms with Crippen molar-refractivity contribution in [3.8, 4) is 0 Å². The Morgan fingerprint density at radius 3 is 2.36 bits per heavy atom. The van der Waals surface area contributed by atoms with Gasteiger partial charge < -0.3 is 4.74 Å². The number of benzene rings is 1. The normalized spacial score (nSPS) is 20.8. The lowest BCUT2D eigenvalue weighted by Gasteiger charge is -2.26. The highest BCUT2D eigenvalue weighted by molar-refractivity contribution is 7.89. The van der Waals surface area contributed by atoms with Crippen LogP contribution >= 0.6 is 0 Å². The van der Waals surface area contributed by atoms with Crippen LogP contribution in [0.25, 0.3) is 0 Å². The van der Waals surface area contributed by atoms with Crippen molar-refractivity contribution < 1.29 is 22.9 Å². The van der Waals surface area contributed by atoms with Crippen molar-refractivity contribution in [2.45, 2.75) is 50.5 Å². The van der Waals surface area contributed by atoms with Crippen molar-refractivity contribution in [3.63, 3.8) is 0 Å². The van der Waals surface area contributed by atoms with Crippen LogP contribution in [0.5, 0.6) is 0 Å². The first-order valence-electron chi connectivity index (χ1n) is 9.14. The molecule has 0 radical (unpaired) electrons. The fourth-order valence-corrected chi connectivity index (χ4v) is 4.99. The lowest BCUT2D eigenvalue weighted by Crippen LogP contribution is -2.30. The first kappa shape index (κ1) is 20.5. The van der Waals surface area contributed by atoms with Gasteiger partial charge in [-0.05, 0) is 52.2 Å². The molecule has 0 saturated carbocycles. The van der Waals surface area contributed by atoms with E-state index >= 15 is 0 Å². The van der Waals surface area contributed by atoms with Gasteiger partial charge in [-0.2, -0.15) is 4.31 Å². The van der Waals surface area contributed by atoms with Gasteiger partial charge >= 0.3 is 5.97 Å². The molecule has 28 heavy (non-hydrogen) atoms. The molecule has 0 amide bonds. The molecule has 1 aliphatic carbocycles. The van der Waals surface area contributed by atoms with E-state index in [1.54, 1.807) is 0 Å². The molecule has 8 nitrogen and oxygen atoms in total. The third-order valence-electron chi connectivity index (χ3n) is 4.95. The number of sulfonamides is 1. The third-order valence-corrected chi connectivity index (χ3v) is 6.75. The van der Waals surface area contributed by atoms with Crippen LogP contribution in [0.15, 0.2) is 40.3 Å². The van der Waals surface area contributed by atoms with Gasteiger partial charge in [0.2, 0.25) is 10.0 Å². The zero-order valence-electron chi connectivity index (χ0n) is 16.2. The van der Waals surface area contributed by atoms with E-state index in [1.165, 1.54) is 28.6 Å². The van der Waals surface area contributed by atoms with Crippen molar-refractivity contribution in [2.24, 2.45) is 5.92 Å². The SMILES string of the molecule is CC(C)(C)OC(=O)C1CCC2=C(C1)CN(S(=O)(=O)c1ccc([N+](=O)[O-])cc1)C2. The van der Waals surface area contributed by atoms with Gasteiger partial charge in [-0.3, -0.25) is 14.9 Å². The maximum absolute atomic E-state index is 12.9. The van der Waals surface area contributed by atoms with E-state index in [1.807, 2.05) is 20.8 Å². The minimum atomic E-state index is -3.75. The quantitative estimate of drug-likeness (QED) is 0.328. The van der Waals surface area contributed by atoms with E-state index in [9.17, 15) is 23.3 Å². The van der Waals surface area contributed by atoms with Crippen LogP contribution in [0.4, 0.5) is 5.69 Å². The number of nitrogens with zero attached hydrogens (tertiary/aromatic N) is 2. The van der Waals surface area contributed by atoms with Gasteiger partial charge in [0, 0.05) is 25.2 Å². The number of carbonyl (C=O) groups excluding carboxylic acids is 1. The lowest BCUT2D eigenvalue weighted by atomic mass is 9.85. The van der Waals surface area contributed by atoms with Crippen LogP contribution in [0, 0.1) is 16.0 Å². The van der Waals surface area contributed by atoms with E-state index in [0.29, 0.717) is 25.8 Å². The molecule has 9 heteroatoms. The van der Waals surface area contributed by atoms with Crippen LogP contribution in [-0.4, -0.2) is 42.3 Å². The standard InChI is InChI=1S/C19H24N2O6S/c1-19(2,3)27-18(22)13-4-5-14-11-20(12-15(14)10-13)28(25,26)17-8-6-16(7-9-17)21(23)24/h6-9,13H,4-5,10-12H2,1-3H3. The van der Waals surface area contributed by atoms with Crippen molar-refractivity contribution in [1.29, 1.82) is 0 Å². The lowest BCUT2D eigenvalue weighted by molar-refractivity contribution is -0.384. The van der Waals surface area contributed by atoms with Gasteiger partial charge in [0.25, 0.3) is 5.69 Å². The fraction of sp³-hybridized carbons (Fsp3) is 0.526. The van der Waals surface area contributed by atoms with E-state index in [4.69, 9.17) is 4.74 Å². The number of rotatable bonds is 4. The van der Waals surface area contributed by atoms with Crippen LogP contribution < -0.4 is 0 Å². The smallest absolute Gasteiger partial charge is 0.309 e. The van der Waals surface area contributed by atoms with Gasteiger partial charge in [0.1, 0.15) is 5.60 Å². The Morgan fingerprint density at radius 2 is 1.79 bits per heavy atom. The second-order valence-corrected chi connectivity index (χ2v) is 10.1.